The summed E-state index contributed by atoms with van der Waals surface area (Å²) < 4.78 is 12.6. The maximum absolute atomic E-state index is 6.37. The van der Waals surface area contributed by atoms with Crippen LogP contribution in [0.25, 0.3) is 11.1 Å². The van der Waals surface area contributed by atoms with Gasteiger partial charge in [-0.15, -0.1) is 0 Å². The first kappa shape index (κ1) is 19.9. The van der Waals surface area contributed by atoms with Gasteiger partial charge in [-0.25, -0.2) is 0 Å². The molecule has 0 N–H and O–H groups in total. The molecule has 150 valence electrons. The Morgan fingerprint density at radius 3 is 1.77 bits per heavy atom. The van der Waals surface area contributed by atoms with Crippen LogP contribution in [-0.4, -0.2) is 6.10 Å². The maximum Gasteiger partial charge on any atom is 0.149 e. The normalized spacial score (nSPS) is 12.8. The summed E-state index contributed by atoms with van der Waals surface area (Å²) in [5.41, 5.74) is 4.65. The second-order valence-electron chi connectivity index (χ2n) is 7.34. The number of hydrogen-bond acceptors (Lipinski definition) is 2. The van der Waals surface area contributed by atoms with Crippen LogP contribution in [0.15, 0.2) is 115 Å². The van der Waals surface area contributed by atoms with Gasteiger partial charge in [0, 0.05) is 0 Å². The second-order valence-corrected chi connectivity index (χ2v) is 7.34. The Morgan fingerprint density at radius 1 is 0.600 bits per heavy atom. The van der Waals surface area contributed by atoms with Crippen LogP contribution in [0, 0.1) is 0 Å². The third-order valence-electron chi connectivity index (χ3n) is 5.13. The molecule has 4 rings (SSSR count). The van der Waals surface area contributed by atoms with E-state index in [-0.39, 0.29) is 12.2 Å². The van der Waals surface area contributed by atoms with E-state index in [1.165, 1.54) is 11.1 Å². The van der Waals surface area contributed by atoms with Gasteiger partial charge in [0.25, 0.3) is 0 Å². The smallest absolute Gasteiger partial charge is 0.149 e. The Bertz CT molecular complexity index is 1010. The zero-order chi connectivity index (χ0) is 20.6. The highest BCUT2D eigenvalue weighted by Crippen LogP contribution is 2.29. The fourth-order valence-electron chi connectivity index (χ4n) is 3.47. The lowest BCUT2D eigenvalue weighted by molar-refractivity contribution is -0.0251. The van der Waals surface area contributed by atoms with Gasteiger partial charge in [0.2, 0.25) is 0 Å². The Balaban J connectivity index is 1.55. The quantitative estimate of drug-likeness (QED) is 0.318. The molecule has 0 fully saturated rings. The summed E-state index contributed by atoms with van der Waals surface area (Å²) in [7, 11) is 0. The molecule has 2 atom stereocenters. The van der Waals surface area contributed by atoms with Crippen LogP contribution in [-0.2, 0) is 11.3 Å². The van der Waals surface area contributed by atoms with Gasteiger partial charge in [-0.05, 0) is 41.3 Å². The largest absolute Gasteiger partial charge is 0.483 e. The lowest BCUT2D eigenvalue weighted by atomic mass is 10.00. The molecule has 4 aromatic carbocycles. The van der Waals surface area contributed by atoms with Crippen LogP contribution >= 0.6 is 0 Å². The molecule has 0 aliphatic rings. The standard InChI is InChI=1S/C28H26O2/c1-22(29-21-23-11-5-2-6-12-23)28(30-27-15-9-4-10-16-27)26-19-17-25(18-20-26)24-13-7-3-8-14-24/h2-20,22,28H,21H2,1H3/t22-,28-/m0/s1. The molecule has 0 aliphatic carbocycles. The molecule has 0 aromatic heterocycles. The molecule has 0 unspecified atom stereocenters. The van der Waals surface area contributed by atoms with E-state index in [4.69, 9.17) is 9.47 Å². The van der Waals surface area contributed by atoms with E-state index in [9.17, 15) is 0 Å². The van der Waals surface area contributed by atoms with Gasteiger partial charge in [-0.2, -0.15) is 0 Å². The number of benzene rings is 4. The first-order valence-electron chi connectivity index (χ1n) is 10.3. The van der Waals surface area contributed by atoms with Crippen molar-refractivity contribution in [3.05, 3.63) is 126 Å². The number of ether oxygens (including phenoxy) is 2. The summed E-state index contributed by atoms with van der Waals surface area (Å²) in [6.07, 6.45) is -0.325. The second kappa shape index (κ2) is 9.91. The van der Waals surface area contributed by atoms with Gasteiger partial charge >= 0.3 is 0 Å². The zero-order valence-electron chi connectivity index (χ0n) is 17.1. The Kier molecular flexibility index (Phi) is 6.58. The van der Waals surface area contributed by atoms with Crippen molar-refractivity contribution in [1.82, 2.24) is 0 Å². The third kappa shape index (κ3) is 5.16. The molecule has 30 heavy (non-hydrogen) atoms. The number of rotatable bonds is 8. The molecule has 0 bridgehead atoms. The SMILES string of the molecule is C[C@H](OCc1ccccc1)[C@H](Oc1ccccc1)c1ccc(-c2ccccc2)cc1. The van der Waals surface area contributed by atoms with Gasteiger partial charge in [0.15, 0.2) is 0 Å². The van der Waals surface area contributed by atoms with Crippen molar-refractivity contribution in [3.8, 4) is 16.9 Å². The van der Waals surface area contributed by atoms with Crippen molar-refractivity contribution in [2.24, 2.45) is 0 Å². The summed E-state index contributed by atoms with van der Waals surface area (Å²) in [5.74, 6) is 0.838. The molecule has 0 radical (unpaired) electrons. The Labute approximate surface area is 178 Å². The van der Waals surface area contributed by atoms with Gasteiger partial charge in [0.05, 0.1) is 12.7 Å². The van der Waals surface area contributed by atoms with Crippen LogP contribution in [0.4, 0.5) is 0 Å². The highest BCUT2D eigenvalue weighted by atomic mass is 16.5. The number of hydrogen-bond donors (Lipinski definition) is 0. The van der Waals surface area contributed by atoms with Crippen LogP contribution in [0.3, 0.4) is 0 Å². The molecule has 0 aliphatic heterocycles. The fourth-order valence-corrected chi connectivity index (χ4v) is 3.47. The molecule has 0 heterocycles. The lowest BCUT2D eigenvalue weighted by Crippen LogP contribution is -2.24. The monoisotopic (exact) mass is 394 g/mol. The molecule has 0 saturated carbocycles. The molecule has 0 saturated heterocycles. The van der Waals surface area contributed by atoms with Crippen LogP contribution < -0.4 is 4.74 Å². The van der Waals surface area contributed by atoms with Crippen LogP contribution in [0.5, 0.6) is 5.75 Å². The molecule has 2 heteroatoms. The lowest BCUT2D eigenvalue weighted by Gasteiger charge is -2.26. The predicted molar refractivity (Wildman–Crippen MR) is 122 cm³/mol. The third-order valence-corrected chi connectivity index (χ3v) is 5.13. The van der Waals surface area contributed by atoms with E-state index in [1.807, 2.05) is 54.6 Å². The van der Waals surface area contributed by atoms with Crippen molar-refractivity contribution in [2.45, 2.75) is 25.7 Å². The van der Waals surface area contributed by atoms with Crippen molar-refractivity contribution < 1.29 is 9.47 Å². The van der Waals surface area contributed by atoms with E-state index < -0.39 is 0 Å². The minimum atomic E-state index is -0.207. The van der Waals surface area contributed by atoms with Gasteiger partial charge in [-0.1, -0.05) is 103 Å². The zero-order valence-corrected chi connectivity index (χ0v) is 17.1. The van der Waals surface area contributed by atoms with Gasteiger partial charge in [0.1, 0.15) is 11.9 Å². The minimum Gasteiger partial charge on any atom is -0.483 e. The van der Waals surface area contributed by atoms with E-state index in [2.05, 4.69) is 67.6 Å². The van der Waals surface area contributed by atoms with E-state index in [0.29, 0.717) is 6.61 Å². The summed E-state index contributed by atoms with van der Waals surface area (Å²) in [6.45, 7) is 2.63. The predicted octanol–water partition coefficient (Wildman–Crippen LogP) is 7.08. The highest BCUT2D eigenvalue weighted by Gasteiger charge is 2.22. The first-order valence-corrected chi connectivity index (χ1v) is 10.3. The molecule has 0 spiro atoms. The maximum atomic E-state index is 6.37. The van der Waals surface area contributed by atoms with Crippen LogP contribution in [0.1, 0.15) is 24.2 Å². The molecular formula is C28H26O2. The first-order chi connectivity index (χ1) is 14.8. The molecule has 4 aromatic rings. The summed E-state index contributed by atoms with van der Waals surface area (Å²) in [5, 5.41) is 0. The van der Waals surface area contributed by atoms with Crippen molar-refractivity contribution >= 4 is 0 Å². The Hall–Kier alpha value is -3.36. The van der Waals surface area contributed by atoms with E-state index >= 15 is 0 Å². The minimum absolute atomic E-state index is 0.118. The van der Waals surface area contributed by atoms with Crippen LogP contribution in [0.2, 0.25) is 0 Å². The van der Waals surface area contributed by atoms with Crippen molar-refractivity contribution in [1.29, 1.82) is 0 Å². The van der Waals surface area contributed by atoms with E-state index in [0.717, 1.165) is 16.9 Å². The average molecular weight is 395 g/mol. The fraction of sp³-hybridized carbons (Fsp3) is 0.143. The highest BCUT2D eigenvalue weighted by molar-refractivity contribution is 5.63. The molecular weight excluding hydrogens is 368 g/mol. The van der Waals surface area contributed by atoms with Gasteiger partial charge in [-0.3, -0.25) is 0 Å². The summed E-state index contributed by atoms with van der Waals surface area (Å²) in [6, 6.07) is 39.1. The Morgan fingerprint density at radius 2 is 1.13 bits per heavy atom. The topological polar surface area (TPSA) is 18.5 Å². The number of para-hydroxylation sites is 1. The van der Waals surface area contributed by atoms with Gasteiger partial charge < -0.3 is 9.47 Å². The molecule has 2 nitrogen and oxygen atoms in total. The molecule has 0 amide bonds. The van der Waals surface area contributed by atoms with Crippen molar-refractivity contribution in [2.75, 3.05) is 0 Å². The summed E-state index contributed by atoms with van der Waals surface area (Å²) >= 11 is 0. The summed E-state index contributed by atoms with van der Waals surface area (Å²) in [4.78, 5) is 0. The average Bonchev–Trinajstić information content (AvgIpc) is 2.83. The van der Waals surface area contributed by atoms with E-state index in [1.54, 1.807) is 0 Å². The van der Waals surface area contributed by atoms with Crippen molar-refractivity contribution in [3.63, 3.8) is 0 Å².